The molecule has 0 spiro atoms. The van der Waals surface area contributed by atoms with E-state index in [2.05, 4.69) is 10.3 Å². The number of halogens is 4. The number of nitrogens with one attached hydrogen (secondary N) is 1. The van der Waals surface area contributed by atoms with Crippen molar-refractivity contribution in [1.82, 2.24) is 15.2 Å². The Balaban J connectivity index is 1.52. The van der Waals surface area contributed by atoms with Crippen LogP contribution in [0.3, 0.4) is 0 Å². The molecule has 29 heavy (non-hydrogen) atoms. The zero-order valence-electron chi connectivity index (χ0n) is 15.7. The first kappa shape index (κ1) is 21.6. The van der Waals surface area contributed by atoms with Crippen molar-refractivity contribution in [2.24, 2.45) is 0 Å². The van der Waals surface area contributed by atoms with Gasteiger partial charge in [0.05, 0.1) is 10.6 Å². The fraction of sp³-hybridized carbons (Fsp3) is 0.368. The van der Waals surface area contributed by atoms with Gasteiger partial charge < -0.3 is 15.1 Å². The highest BCUT2D eigenvalue weighted by Crippen LogP contribution is 2.33. The van der Waals surface area contributed by atoms with E-state index in [1.165, 1.54) is 0 Å². The lowest BCUT2D eigenvalue weighted by molar-refractivity contribution is -0.137. The van der Waals surface area contributed by atoms with Crippen LogP contribution in [0.2, 0.25) is 5.02 Å². The van der Waals surface area contributed by atoms with Crippen LogP contribution in [0, 0.1) is 0 Å². The molecule has 1 aliphatic rings. The number of alkyl halides is 3. The molecule has 1 aromatic heterocycles. The van der Waals surface area contributed by atoms with E-state index in [-0.39, 0.29) is 11.1 Å². The fourth-order valence-corrected chi connectivity index (χ4v) is 3.67. The van der Waals surface area contributed by atoms with Crippen molar-refractivity contribution < 1.29 is 18.0 Å². The molecule has 1 aromatic carbocycles. The number of nitrogens with zero attached hydrogens (tertiary/aromatic N) is 3. The van der Waals surface area contributed by atoms with E-state index in [0.717, 1.165) is 22.7 Å². The summed E-state index contributed by atoms with van der Waals surface area (Å²) in [5, 5.41) is 2.84. The molecule has 0 unspecified atom stereocenters. The minimum atomic E-state index is -4.48. The number of amides is 2. The first-order chi connectivity index (χ1) is 13.8. The van der Waals surface area contributed by atoms with Gasteiger partial charge in [-0.3, -0.25) is 0 Å². The van der Waals surface area contributed by atoms with Crippen LogP contribution in [0.1, 0.15) is 11.1 Å². The molecule has 0 radical (unpaired) electrons. The van der Waals surface area contributed by atoms with Gasteiger partial charge in [-0.15, -0.1) is 11.8 Å². The summed E-state index contributed by atoms with van der Waals surface area (Å²) >= 11 is 7.66. The van der Waals surface area contributed by atoms with Crippen LogP contribution >= 0.6 is 23.4 Å². The lowest BCUT2D eigenvalue weighted by Crippen LogP contribution is -2.52. The molecular formula is C19H20ClF3N4OS. The first-order valence-electron chi connectivity index (χ1n) is 8.91. The predicted molar refractivity (Wildman–Crippen MR) is 108 cm³/mol. The van der Waals surface area contributed by atoms with Crippen molar-refractivity contribution in [2.45, 2.75) is 17.6 Å². The van der Waals surface area contributed by atoms with Crippen LogP contribution < -0.4 is 10.2 Å². The highest BCUT2D eigenvalue weighted by atomic mass is 35.5. The SMILES string of the molecule is CSc1ccc(CNC(=O)N2CCN(c3ncc(C(F)(F)F)cc3Cl)CC2)cc1. The van der Waals surface area contributed by atoms with Gasteiger partial charge in [-0.05, 0) is 30.0 Å². The molecule has 0 atom stereocenters. The zero-order chi connectivity index (χ0) is 21.0. The molecular weight excluding hydrogens is 425 g/mol. The summed E-state index contributed by atoms with van der Waals surface area (Å²) in [4.78, 5) is 20.9. The molecule has 2 amide bonds. The number of hydrogen-bond donors (Lipinski definition) is 1. The molecule has 156 valence electrons. The van der Waals surface area contributed by atoms with Gasteiger partial charge in [-0.2, -0.15) is 13.2 Å². The van der Waals surface area contributed by atoms with Crippen molar-refractivity contribution in [1.29, 1.82) is 0 Å². The van der Waals surface area contributed by atoms with E-state index in [1.54, 1.807) is 21.6 Å². The number of thioether (sulfide) groups is 1. The van der Waals surface area contributed by atoms with Crippen molar-refractivity contribution in [3.63, 3.8) is 0 Å². The van der Waals surface area contributed by atoms with Gasteiger partial charge in [0, 0.05) is 43.8 Å². The number of pyridine rings is 1. The molecule has 1 aliphatic heterocycles. The van der Waals surface area contributed by atoms with Gasteiger partial charge in [0.25, 0.3) is 0 Å². The highest BCUT2D eigenvalue weighted by molar-refractivity contribution is 7.98. The quantitative estimate of drug-likeness (QED) is 0.705. The second-order valence-electron chi connectivity index (χ2n) is 6.51. The van der Waals surface area contributed by atoms with Crippen molar-refractivity contribution in [2.75, 3.05) is 37.3 Å². The van der Waals surface area contributed by atoms with Crippen LogP contribution in [0.4, 0.5) is 23.8 Å². The normalized spacial score (nSPS) is 14.8. The summed E-state index contributed by atoms with van der Waals surface area (Å²) in [7, 11) is 0. The fourth-order valence-electron chi connectivity index (χ4n) is 2.97. The summed E-state index contributed by atoms with van der Waals surface area (Å²) in [6, 6.07) is 8.66. The van der Waals surface area contributed by atoms with Gasteiger partial charge in [0.15, 0.2) is 0 Å². The van der Waals surface area contributed by atoms with Crippen LogP contribution in [-0.2, 0) is 12.7 Å². The summed E-state index contributed by atoms with van der Waals surface area (Å²) in [5.41, 5.74) is 0.130. The number of piperazine rings is 1. The third kappa shape index (κ3) is 5.48. The largest absolute Gasteiger partial charge is 0.417 e. The van der Waals surface area contributed by atoms with E-state index < -0.39 is 11.7 Å². The third-order valence-corrected chi connectivity index (χ3v) is 5.64. The second-order valence-corrected chi connectivity index (χ2v) is 7.79. The number of urea groups is 1. The second kappa shape index (κ2) is 9.13. The molecule has 1 N–H and O–H groups in total. The molecule has 0 saturated carbocycles. The number of benzene rings is 1. The maximum absolute atomic E-state index is 12.8. The standard InChI is InChI=1S/C19H20ClF3N4OS/c1-29-15-4-2-13(3-5-15)11-25-18(28)27-8-6-26(7-9-27)17-16(20)10-14(12-24-17)19(21,22)23/h2-5,10,12H,6-9,11H2,1H3,(H,25,28). The highest BCUT2D eigenvalue weighted by Gasteiger charge is 2.32. The van der Waals surface area contributed by atoms with Crippen molar-refractivity contribution in [3.05, 3.63) is 52.7 Å². The molecule has 2 heterocycles. The maximum Gasteiger partial charge on any atom is 0.417 e. The maximum atomic E-state index is 12.8. The van der Waals surface area contributed by atoms with Crippen LogP contribution in [-0.4, -0.2) is 48.3 Å². The molecule has 5 nitrogen and oxygen atoms in total. The Kier molecular flexibility index (Phi) is 6.79. The molecule has 10 heteroatoms. The number of anilines is 1. The van der Waals surface area contributed by atoms with Gasteiger partial charge in [0.2, 0.25) is 0 Å². The molecule has 0 bridgehead atoms. The summed E-state index contributed by atoms with van der Waals surface area (Å²) in [6.07, 6.45) is -1.70. The molecule has 1 fully saturated rings. The predicted octanol–water partition coefficient (Wildman–Crippen LogP) is 4.51. The smallest absolute Gasteiger partial charge is 0.352 e. The van der Waals surface area contributed by atoms with Crippen LogP contribution in [0.5, 0.6) is 0 Å². The Morgan fingerprint density at radius 2 is 1.86 bits per heavy atom. The van der Waals surface area contributed by atoms with E-state index in [0.29, 0.717) is 38.5 Å². The average molecular weight is 445 g/mol. The van der Waals surface area contributed by atoms with E-state index in [4.69, 9.17) is 11.6 Å². The number of carbonyl (C=O) groups excluding carboxylic acids is 1. The Labute approximate surface area is 176 Å². The monoisotopic (exact) mass is 444 g/mol. The Morgan fingerprint density at radius 1 is 1.21 bits per heavy atom. The van der Waals surface area contributed by atoms with Gasteiger partial charge in [-0.1, -0.05) is 23.7 Å². The molecule has 2 aromatic rings. The average Bonchev–Trinajstić information content (AvgIpc) is 2.72. The topological polar surface area (TPSA) is 48.5 Å². The molecule has 3 rings (SSSR count). The lowest BCUT2D eigenvalue weighted by atomic mass is 10.2. The summed E-state index contributed by atoms with van der Waals surface area (Å²) < 4.78 is 38.3. The Hall–Kier alpha value is -2.13. The molecule has 1 saturated heterocycles. The number of aromatic nitrogens is 1. The van der Waals surface area contributed by atoms with E-state index in [1.807, 2.05) is 30.5 Å². The van der Waals surface area contributed by atoms with Gasteiger partial charge >= 0.3 is 12.2 Å². The minimum Gasteiger partial charge on any atom is -0.352 e. The summed E-state index contributed by atoms with van der Waals surface area (Å²) in [6.45, 7) is 2.16. The minimum absolute atomic E-state index is 0.0496. The van der Waals surface area contributed by atoms with Gasteiger partial charge in [0.1, 0.15) is 5.82 Å². The number of rotatable bonds is 4. The third-order valence-electron chi connectivity index (χ3n) is 4.62. The van der Waals surface area contributed by atoms with Crippen LogP contribution in [0.15, 0.2) is 41.4 Å². The molecule has 0 aliphatic carbocycles. The van der Waals surface area contributed by atoms with Gasteiger partial charge in [-0.25, -0.2) is 9.78 Å². The Bertz CT molecular complexity index is 856. The lowest BCUT2D eigenvalue weighted by Gasteiger charge is -2.35. The van der Waals surface area contributed by atoms with E-state index >= 15 is 0 Å². The van der Waals surface area contributed by atoms with Crippen molar-refractivity contribution >= 4 is 35.2 Å². The van der Waals surface area contributed by atoms with Crippen molar-refractivity contribution in [3.8, 4) is 0 Å². The van der Waals surface area contributed by atoms with Crippen LogP contribution in [0.25, 0.3) is 0 Å². The van der Waals surface area contributed by atoms with E-state index in [9.17, 15) is 18.0 Å². The number of carbonyl (C=O) groups is 1. The zero-order valence-corrected chi connectivity index (χ0v) is 17.2. The first-order valence-corrected chi connectivity index (χ1v) is 10.5. The Morgan fingerprint density at radius 3 is 2.41 bits per heavy atom. The number of hydrogen-bond acceptors (Lipinski definition) is 4. The summed E-state index contributed by atoms with van der Waals surface area (Å²) in [5.74, 6) is 0.300.